The molecule has 2 aromatic heterocycles. The van der Waals surface area contributed by atoms with Crippen LogP contribution >= 0.6 is 0 Å². The van der Waals surface area contributed by atoms with Gasteiger partial charge in [0.15, 0.2) is 0 Å². The molecule has 1 fully saturated rings. The van der Waals surface area contributed by atoms with Crippen LogP contribution in [-0.2, 0) is 11.3 Å². The average Bonchev–Trinajstić information content (AvgIpc) is 2.74. The Bertz CT molecular complexity index is 483. The molecule has 0 atom stereocenters. The van der Waals surface area contributed by atoms with Crippen LogP contribution in [0.3, 0.4) is 0 Å². The van der Waals surface area contributed by atoms with E-state index in [1.54, 1.807) is 0 Å². The van der Waals surface area contributed by atoms with E-state index >= 15 is 0 Å². The van der Waals surface area contributed by atoms with Gasteiger partial charge < -0.3 is 14.5 Å². The Balaban J connectivity index is 1.52. The summed E-state index contributed by atoms with van der Waals surface area (Å²) in [4.78, 5) is 4.52. The van der Waals surface area contributed by atoms with Gasteiger partial charge in [0.1, 0.15) is 5.65 Å². The van der Waals surface area contributed by atoms with E-state index in [4.69, 9.17) is 4.74 Å². The van der Waals surface area contributed by atoms with E-state index in [2.05, 4.69) is 10.3 Å². The van der Waals surface area contributed by atoms with Crippen molar-refractivity contribution in [3.8, 4) is 0 Å². The topological polar surface area (TPSA) is 38.6 Å². The van der Waals surface area contributed by atoms with Crippen LogP contribution < -0.4 is 5.32 Å². The SMILES string of the molecule is CNCC1CC(OCc2cn3ccccc3n2)C1. The van der Waals surface area contributed by atoms with Crippen molar-refractivity contribution in [2.45, 2.75) is 25.6 Å². The van der Waals surface area contributed by atoms with Crippen molar-refractivity contribution in [2.24, 2.45) is 5.92 Å². The Kier molecular flexibility index (Phi) is 3.30. The van der Waals surface area contributed by atoms with Gasteiger partial charge in [0, 0.05) is 12.4 Å². The Morgan fingerprint density at radius 2 is 2.33 bits per heavy atom. The molecule has 0 saturated heterocycles. The number of aromatic nitrogens is 2. The number of pyridine rings is 1. The lowest BCUT2D eigenvalue weighted by Gasteiger charge is -2.34. The summed E-state index contributed by atoms with van der Waals surface area (Å²) in [7, 11) is 2.00. The number of ether oxygens (including phenoxy) is 1. The number of hydrogen-bond acceptors (Lipinski definition) is 3. The molecular formula is C14H19N3O. The van der Waals surface area contributed by atoms with Crippen LogP contribution in [0.5, 0.6) is 0 Å². The van der Waals surface area contributed by atoms with Gasteiger partial charge in [-0.2, -0.15) is 0 Å². The molecule has 18 heavy (non-hydrogen) atoms. The summed E-state index contributed by atoms with van der Waals surface area (Å²) in [5, 5.41) is 3.21. The van der Waals surface area contributed by atoms with Crippen LogP contribution in [0.4, 0.5) is 0 Å². The largest absolute Gasteiger partial charge is 0.372 e. The lowest BCUT2D eigenvalue weighted by molar-refractivity contribution is -0.0401. The number of fused-ring (bicyclic) bond motifs is 1. The fraction of sp³-hybridized carbons (Fsp3) is 0.500. The number of hydrogen-bond donors (Lipinski definition) is 1. The molecule has 0 spiro atoms. The zero-order valence-electron chi connectivity index (χ0n) is 10.7. The van der Waals surface area contributed by atoms with E-state index in [9.17, 15) is 0 Å². The second-order valence-corrected chi connectivity index (χ2v) is 5.03. The third-order valence-electron chi connectivity index (χ3n) is 3.57. The van der Waals surface area contributed by atoms with Crippen LogP contribution in [0.25, 0.3) is 5.65 Å². The van der Waals surface area contributed by atoms with Gasteiger partial charge in [-0.25, -0.2) is 4.98 Å². The molecule has 1 saturated carbocycles. The zero-order valence-corrected chi connectivity index (χ0v) is 10.7. The lowest BCUT2D eigenvalue weighted by Crippen LogP contribution is -2.36. The van der Waals surface area contributed by atoms with Crippen LogP contribution in [0, 0.1) is 5.92 Å². The van der Waals surface area contributed by atoms with E-state index in [1.165, 1.54) is 12.8 Å². The molecule has 1 aliphatic rings. The van der Waals surface area contributed by atoms with E-state index in [1.807, 2.05) is 42.0 Å². The van der Waals surface area contributed by atoms with Crippen LogP contribution in [0.15, 0.2) is 30.6 Å². The van der Waals surface area contributed by atoms with Gasteiger partial charge in [-0.1, -0.05) is 6.07 Å². The normalized spacial score (nSPS) is 23.2. The van der Waals surface area contributed by atoms with Crippen molar-refractivity contribution in [3.63, 3.8) is 0 Å². The predicted octanol–water partition coefficient (Wildman–Crippen LogP) is 1.85. The molecule has 1 aliphatic carbocycles. The van der Waals surface area contributed by atoms with Crippen molar-refractivity contribution < 1.29 is 4.74 Å². The molecule has 1 N–H and O–H groups in total. The van der Waals surface area contributed by atoms with Crippen LogP contribution in [0.1, 0.15) is 18.5 Å². The highest BCUT2D eigenvalue weighted by atomic mass is 16.5. The maximum absolute atomic E-state index is 5.87. The first-order valence-corrected chi connectivity index (χ1v) is 6.54. The first-order chi connectivity index (χ1) is 8.85. The standard InChI is InChI=1S/C14H19N3O/c1-15-8-11-6-13(7-11)18-10-12-9-17-5-3-2-4-14(17)16-12/h2-5,9,11,13,15H,6-8,10H2,1H3. The van der Waals surface area contributed by atoms with Gasteiger partial charge in [-0.05, 0) is 44.5 Å². The third kappa shape index (κ3) is 2.40. The fourth-order valence-electron chi connectivity index (χ4n) is 2.53. The summed E-state index contributed by atoms with van der Waals surface area (Å²) in [6.45, 7) is 1.73. The van der Waals surface area contributed by atoms with Crippen molar-refractivity contribution in [1.82, 2.24) is 14.7 Å². The molecule has 4 heteroatoms. The molecule has 0 aromatic carbocycles. The molecule has 0 radical (unpaired) electrons. The van der Waals surface area contributed by atoms with Crippen molar-refractivity contribution in [1.29, 1.82) is 0 Å². The lowest BCUT2D eigenvalue weighted by atomic mass is 9.82. The van der Waals surface area contributed by atoms with E-state index in [0.29, 0.717) is 12.7 Å². The van der Waals surface area contributed by atoms with Gasteiger partial charge in [-0.15, -0.1) is 0 Å². The second-order valence-electron chi connectivity index (χ2n) is 5.03. The number of nitrogens with zero attached hydrogens (tertiary/aromatic N) is 2. The van der Waals surface area contributed by atoms with Crippen LogP contribution in [-0.4, -0.2) is 29.1 Å². The molecule has 4 nitrogen and oxygen atoms in total. The summed E-state index contributed by atoms with van der Waals surface area (Å²) < 4.78 is 7.90. The average molecular weight is 245 g/mol. The van der Waals surface area contributed by atoms with E-state index < -0.39 is 0 Å². The fourth-order valence-corrected chi connectivity index (χ4v) is 2.53. The summed E-state index contributed by atoms with van der Waals surface area (Å²) >= 11 is 0. The maximum atomic E-state index is 5.87. The quantitative estimate of drug-likeness (QED) is 0.873. The molecule has 0 unspecified atom stereocenters. The summed E-state index contributed by atoms with van der Waals surface area (Å²) in [5.74, 6) is 0.793. The Labute approximate surface area is 107 Å². The molecule has 0 aliphatic heterocycles. The van der Waals surface area contributed by atoms with Gasteiger partial charge >= 0.3 is 0 Å². The highest BCUT2D eigenvalue weighted by Gasteiger charge is 2.29. The molecule has 2 aromatic rings. The molecule has 0 bridgehead atoms. The Hall–Kier alpha value is -1.39. The number of imidazole rings is 1. The predicted molar refractivity (Wildman–Crippen MR) is 70.4 cm³/mol. The number of nitrogens with one attached hydrogen (secondary N) is 1. The molecule has 96 valence electrons. The van der Waals surface area contributed by atoms with E-state index in [-0.39, 0.29) is 0 Å². The van der Waals surface area contributed by atoms with Crippen LogP contribution in [0.2, 0.25) is 0 Å². The first kappa shape index (κ1) is 11.7. The smallest absolute Gasteiger partial charge is 0.137 e. The molecule has 2 heterocycles. The Morgan fingerprint density at radius 1 is 1.44 bits per heavy atom. The number of rotatable bonds is 5. The minimum absolute atomic E-state index is 0.424. The summed E-state index contributed by atoms with van der Waals surface area (Å²) in [6.07, 6.45) is 6.83. The van der Waals surface area contributed by atoms with Gasteiger partial charge in [-0.3, -0.25) is 0 Å². The highest BCUT2D eigenvalue weighted by Crippen LogP contribution is 2.29. The second kappa shape index (κ2) is 5.08. The van der Waals surface area contributed by atoms with Gasteiger partial charge in [0.2, 0.25) is 0 Å². The Morgan fingerprint density at radius 3 is 3.11 bits per heavy atom. The summed E-state index contributed by atoms with van der Waals surface area (Å²) in [6, 6.07) is 6.02. The minimum Gasteiger partial charge on any atom is -0.372 e. The van der Waals surface area contributed by atoms with Gasteiger partial charge in [0.05, 0.1) is 18.4 Å². The molecule has 3 rings (SSSR count). The monoisotopic (exact) mass is 245 g/mol. The van der Waals surface area contributed by atoms with Crippen molar-refractivity contribution >= 4 is 5.65 Å². The zero-order chi connectivity index (χ0) is 12.4. The van der Waals surface area contributed by atoms with Crippen molar-refractivity contribution in [2.75, 3.05) is 13.6 Å². The first-order valence-electron chi connectivity index (χ1n) is 6.54. The van der Waals surface area contributed by atoms with Gasteiger partial charge in [0.25, 0.3) is 0 Å². The maximum Gasteiger partial charge on any atom is 0.137 e. The summed E-state index contributed by atoms with van der Waals surface area (Å²) in [5.41, 5.74) is 2.00. The van der Waals surface area contributed by atoms with E-state index in [0.717, 1.165) is 23.8 Å². The minimum atomic E-state index is 0.424. The third-order valence-corrected chi connectivity index (χ3v) is 3.57. The highest BCUT2D eigenvalue weighted by molar-refractivity contribution is 5.39. The molecular weight excluding hydrogens is 226 g/mol. The van der Waals surface area contributed by atoms with Crippen molar-refractivity contribution in [3.05, 3.63) is 36.3 Å². The molecule has 0 amide bonds.